The van der Waals surface area contributed by atoms with Crippen molar-refractivity contribution in [2.75, 3.05) is 20.8 Å². The van der Waals surface area contributed by atoms with Crippen LogP contribution in [0.2, 0.25) is 0 Å². The molecule has 1 N–H and O–H groups in total. The van der Waals surface area contributed by atoms with E-state index in [1.54, 1.807) is 18.2 Å². The van der Waals surface area contributed by atoms with E-state index in [4.69, 9.17) is 9.47 Å². The molecule has 0 unspecified atom stereocenters. The number of alkyl halides is 3. The molecule has 2 aromatic carbocycles. The van der Waals surface area contributed by atoms with Crippen molar-refractivity contribution in [1.82, 2.24) is 10.3 Å². The first-order chi connectivity index (χ1) is 14.6. The van der Waals surface area contributed by atoms with Crippen LogP contribution in [0.15, 0.2) is 30.3 Å². The van der Waals surface area contributed by atoms with Crippen molar-refractivity contribution in [3.8, 4) is 11.5 Å². The third-order valence-electron chi connectivity index (χ3n) is 4.34. The number of non-ortho nitro benzene ring substituents is 1. The fourth-order valence-corrected chi connectivity index (χ4v) is 3.79. The Hall–Kier alpha value is -3.41. The average molecular weight is 455 g/mol. The van der Waals surface area contributed by atoms with Gasteiger partial charge in [-0.3, -0.25) is 14.9 Å². The summed E-state index contributed by atoms with van der Waals surface area (Å²) in [6.07, 6.45) is -4.33. The van der Waals surface area contributed by atoms with Gasteiger partial charge in [-0.25, -0.2) is 4.98 Å². The van der Waals surface area contributed by atoms with E-state index in [-0.39, 0.29) is 21.8 Å². The molecule has 0 aliphatic rings. The van der Waals surface area contributed by atoms with Gasteiger partial charge in [0.1, 0.15) is 4.70 Å². The lowest BCUT2D eigenvalue weighted by Gasteiger charge is -2.09. The molecule has 0 fully saturated rings. The number of fused-ring (bicyclic) bond motifs is 1. The van der Waals surface area contributed by atoms with Crippen LogP contribution in [0.3, 0.4) is 0 Å². The molecule has 31 heavy (non-hydrogen) atoms. The molecule has 0 saturated heterocycles. The fraction of sp³-hybridized carbons (Fsp3) is 0.263. The second-order valence-electron chi connectivity index (χ2n) is 6.31. The van der Waals surface area contributed by atoms with Gasteiger partial charge in [0.25, 0.3) is 11.6 Å². The fourth-order valence-electron chi connectivity index (χ4n) is 2.84. The Balaban J connectivity index is 1.77. The molecule has 1 amide bonds. The Morgan fingerprint density at radius 1 is 1.19 bits per heavy atom. The summed E-state index contributed by atoms with van der Waals surface area (Å²) >= 11 is 0.668. The molecule has 12 heteroatoms. The van der Waals surface area contributed by atoms with Crippen molar-refractivity contribution >= 4 is 33.1 Å². The monoisotopic (exact) mass is 455 g/mol. The van der Waals surface area contributed by atoms with E-state index in [0.29, 0.717) is 41.4 Å². The highest BCUT2D eigenvalue weighted by atomic mass is 32.1. The largest absolute Gasteiger partial charge is 0.493 e. The maximum atomic E-state index is 13.0. The number of nitro groups is 1. The predicted molar refractivity (Wildman–Crippen MR) is 107 cm³/mol. The summed E-state index contributed by atoms with van der Waals surface area (Å²) in [4.78, 5) is 26.5. The van der Waals surface area contributed by atoms with E-state index >= 15 is 0 Å². The number of ether oxygens (including phenoxy) is 2. The van der Waals surface area contributed by atoms with Crippen molar-refractivity contribution < 1.29 is 32.4 Å². The Morgan fingerprint density at radius 3 is 2.52 bits per heavy atom. The summed E-state index contributed by atoms with van der Waals surface area (Å²) in [7, 11) is 3.01. The summed E-state index contributed by atoms with van der Waals surface area (Å²) < 4.78 is 49.3. The summed E-state index contributed by atoms with van der Waals surface area (Å²) in [6.45, 7) is 0.208. The van der Waals surface area contributed by atoms with Crippen LogP contribution in [0, 0.1) is 10.1 Å². The molecule has 1 heterocycles. The molecule has 8 nitrogen and oxygen atoms in total. The third-order valence-corrected chi connectivity index (χ3v) is 5.43. The van der Waals surface area contributed by atoms with Crippen molar-refractivity contribution in [1.29, 1.82) is 0 Å². The number of amides is 1. The molecule has 0 radical (unpaired) electrons. The van der Waals surface area contributed by atoms with E-state index in [1.165, 1.54) is 14.2 Å². The standard InChI is InChI=1S/C19H16F3N3O5S/c1-29-14-4-3-10(7-15(14)30-2)5-6-23-17(26)18-24-12-8-11(19(20,21)22)9-13(25(27)28)16(12)31-18/h3-4,7-9H,5-6H2,1-2H3,(H,23,26). The predicted octanol–water partition coefficient (Wildman–Crippen LogP) is 4.21. The zero-order chi connectivity index (χ0) is 22.8. The van der Waals surface area contributed by atoms with Crippen LogP contribution >= 0.6 is 11.3 Å². The lowest BCUT2D eigenvalue weighted by atomic mass is 10.1. The number of methoxy groups -OCH3 is 2. The number of hydrogen-bond acceptors (Lipinski definition) is 7. The number of thiazole rings is 1. The van der Waals surface area contributed by atoms with Gasteiger partial charge in [-0.15, -0.1) is 11.3 Å². The number of hydrogen-bond donors (Lipinski definition) is 1. The topological polar surface area (TPSA) is 104 Å². The summed E-state index contributed by atoms with van der Waals surface area (Å²) in [5.74, 6) is 0.458. The molecule has 0 aliphatic heterocycles. The van der Waals surface area contributed by atoms with Crippen LogP contribution in [0.5, 0.6) is 11.5 Å². The van der Waals surface area contributed by atoms with Gasteiger partial charge in [0.2, 0.25) is 0 Å². The zero-order valence-corrected chi connectivity index (χ0v) is 17.1. The Kier molecular flexibility index (Phi) is 6.29. The summed E-state index contributed by atoms with van der Waals surface area (Å²) in [6, 6.07) is 6.41. The molecule has 3 aromatic rings. The number of carbonyl (C=O) groups excluding carboxylic acids is 1. The summed E-state index contributed by atoms with van der Waals surface area (Å²) in [5, 5.41) is 13.6. The van der Waals surface area contributed by atoms with Gasteiger partial charge in [-0.2, -0.15) is 13.2 Å². The van der Waals surface area contributed by atoms with Gasteiger partial charge in [0.15, 0.2) is 16.5 Å². The number of carbonyl (C=O) groups is 1. The van der Waals surface area contributed by atoms with E-state index in [0.717, 1.165) is 5.56 Å². The highest BCUT2D eigenvalue weighted by Crippen LogP contribution is 2.38. The van der Waals surface area contributed by atoms with Gasteiger partial charge in [-0.1, -0.05) is 6.07 Å². The number of benzene rings is 2. The van der Waals surface area contributed by atoms with E-state index < -0.39 is 28.3 Å². The lowest BCUT2D eigenvalue weighted by Crippen LogP contribution is -2.25. The zero-order valence-electron chi connectivity index (χ0n) is 16.3. The minimum Gasteiger partial charge on any atom is -0.493 e. The van der Waals surface area contributed by atoms with Gasteiger partial charge in [0.05, 0.1) is 30.2 Å². The number of nitrogens with zero attached hydrogens (tertiary/aromatic N) is 2. The van der Waals surface area contributed by atoms with Crippen molar-refractivity contribution in [3.05, 3.63) is 56.6 Å². The molecule has 0 saturated carbocycles. The van der Waals surface area contributed by atoms with Crippen LogP contribution in [0.25, 0.3) is 10.2 Å². The highest BCUT2D eigenvalue weighted by molar-refractivity contribution is 7.20. The Labute approximate surface area is 177 Å². The van der Waals surface area contributed by atoms with Crippen LogP contribution in [-0.2, 0) is 12.6 Å². The first-order valence-electron chi connectivity index (χ1n) is 8.79. The Morgan fingerprint density at radius 2 is 1.90 bits per heavy atom. The van der Waals surface area contributed by atoms with Crippen LogP contribution < -0.4 is 14.8 Å². The van der Waals surface area contributed by atoms with Gasteiger partial charge < -0.3 is 14.8 Å². The first-order valence-corrected chi connectivity index (χ1v) is 9.61. The van der Waals surface area contributed by atoms with Crippen LogP contribution in [-0.4, -0.2) is 36.6 Å². The first kappa shape index (κ1) is 22.3. The smallest absolute Gasteiger partial charge is 0.416 e. The molecule has 0 spiro atoms. The number of rotatable bonds is 7. The molecular weight excluding hydrogens is 439 g/mol. The molecular formula is C19H16F3N3O5S. The minimum atomic E-state index is -4.77. The SMILES string of the molecule is COc1ccc(CCNC(=O)c2nc3cc(C(F)(F)F)cc([N+](=O)[O-])c3s2)cc1OC. The number of nitro benzene ring substituents is 1. The number of aromatic nitrogens is 1. The molecule has 0 aliphatic carbocycles. The van der Waals surface area contributed by atoms with E-state index in [1.807, 2.05) is 0 Å². The Bertz CT molecular complexity index is 1150. The average Bonchev–Trinajstić information content (AvgIpc) is 3.16. The normalized spacial score (nSPS) is 11.4. The highest BCUT2D eigenvalue weighted by Gasteiger charge is 2.34. The van der Waals surface area contributed by atoms with Crippen molar-refractivity contribution in [3.63, 3.8) is 0 Å². The molecule has 164 valence electrons. The quantitative estimate of drug-likeness (QED) is 0.423. The van der Waals surface area contributed by atoms with Gasteiger partial charge >= 0.3 is 6.18 Å². The minimum absolute atomic E-state index is 0.0944. The molecule has 3 rings (SSSR count). The molecule has 1 aromatic heterocycles. The number of halogens is 3. The van der Waals surface area contributed by atoms with Gasteiger partial charge in [0, 0.05) is 12.6 Å². The van der Waals surface area contributed by atoms with Crippen molar-refractivity contribution in [2.24, 2.45) is 0 Å². The molecule has 0 bridgehead atoms. The second kappa shape index (κ2) is 8.76. The maximum absolute atomic E-state index is 13.0. The summed E-state index contributed by atoms with van der Waals surface area (Å²) in [5.41, 5.74) is -1.34. The van der Waals surface area contributed by atoms with E-state index in [9.17, 15) is 28.1 Å². The number of nitrogens with one attached hydrogen (secondary N) is 1. The lowest BCUT2D eigenvalue weighted by molar-refractivity contribution is -0.383. The third kappa shape index (κ3) is 4.85. The van der Waals surface area contributed by atoms with E-state index in [2.05, 4.69) is 10.3 Å². The van der Waals surface area contributed by atoms with Gasteiger partial charge in [-0.05, 0) is 30.2 Å². The van der Waals surface area contributed by atoms with Crippen LogP contribution in [0.4, 0.5) is 18.9 Å². The van der Waals surface area contributed by atoms with Crippen LogP contribution in [0.1, 0.15) is 20.9 Å². The van der Waals surface area contributed by atoms with Crippen molar-refractivity contribution in [2.45, 2.75) is 12.6 Å². The molecule has 0 atom stereocenters. The second-order valence-corrected chi connectivity index (χ2v) is 7.31. The maximum Gasteiger partial charge on any atom is 0.416 e.